The van der Waals surface area contributed by atoms with Crippen LogP contribution in [0.25, 0.3) is 10.8 Å². The molecule has 1 aliphatic rings. The number of nitrogens with zero attached hydrogens (tertiary/aromatic N) is 1. The first kappa shape index (κ1) is 16.6. The Hall–Kier alpha value is -2.81. The van der Waals surface area contributed by atoms with E-state index in [0.29, 0.717) is 12.1 Å². The van der Waals surface area contributed by atoms with E-state index in [1.165, 1.54) is 10.8 Å². The van der Waals surface area contributed by atoms with Gasteiger partial charge in [-0.3, -0.25) is 4.79 Å². The third kappa shape index (κ3) is 3.05. The maximum absolute atomic E-state index is 12.9. The van der Waals surface area contributed by atoms with E-state index in [0.717, 1.165) is 23.3 Å². The lowest BCUT2D eigenvalue weighted by Gasteiger charge is -2.19. The molecule has 0 radical (unpaired) electrons. The van der Waals surface area contributed by atoms with Crippen LogP contribution in [0.5, 0.6) is 5.75 Å². The highest BCUT2D eigenvalue weighted by Gasteiger charge is 2.30. The number of fused-ring (bicyclic) bond motifs is 2. The molecule has 3 aromatic rings. The summed E-state index contributed by atoms with van der Waals surface area (Å²) in [7, 11) is 1.86. The fourth-order valence-electron chi connectivity index (χ4n) is 3.72. The molecule has 1 amide bonds. The van der Waals surface area contributed by atoms with E-state index in [2.05, 4.69) is 38.1 Å². The summed E-state index contributed by atoms with van der Waals surface area (Å²) >= 11 is 0. The number of carbonyl (C=O) groups is 1. The van der Waals surface area contributed by atoms with Crippen molar-refractivity contribution in [3.63, 3.8) is 0 Å². The second-order valence-electron chi connectivity index (χ2n) is 7.66. The maximum atomic E-state index is 12.9. The molecule has 0 aliphatic carbocycles. The molecule has 4 rings (SSSR count). The lowest BCUT2D eigenvalue weighted by Crippen LogP contribution is -2.26. The van der Waals surface area contributed by atoms with Gasteiger partial charge in [0.2, 0.25) is 0 Å². The predicted molar refractivity (Wildman–Crippen MR) is 105 cm³/mol. The second-order valence-corrected chi connectivity index (χ2v) is 7.66. The zero-order valence-corrected chi connectivity index (χ0v) is 15.5. The molecular weight excluding hydrogens is 322 g/mol. The summed E-state index contributed by atoms with van der Waals surface area (Å²) in [4.78, 5) is 14.7. The molecule has 0 aromatic heterocycles. The Morgan fingerprint density at radius 2 is 1.85 bits per heavy atom. The van der Waals surface area contributed by atoms with E-state index in [1.54, 1.807) is 4.90 Å². The molecule has 132 valence electrons. The Kier molecular flexibility index (Phi) is 3.95. The van der Waals surface area contributed by atoms with Gasteiger partial charge in [-0.25, -0.2) is 0 Å². The van der Waals surface area contributed by atoms with Crippen LogP contribution in [0.2, 0.25) is 0 Å². The number of benzene rings is 3. The van der Waals surface area contributed by atoms with Crippen molar-refractivity contribution >= 4 is 16.7 Å². The van der Waals surface area contributed by atoms with E-state index in [-0.39, 0.29) is 11.5 Å². The van der Waals surface area contributed by atoms with Gasteiger partial charge in [-0.05, 0) is 53.9 Å². The quantitative estimate of drug-likeness (QED) is 0.681. The number of carbonyl (C=O) groups excluding carboxylic acids is 1. The number of amides is 1. The molecule has 0 saturated heterocycles. The van der Waals surface area contributed by atoms with Gasteiger partial charge >= 0.3 is 0 Å². The van der Waals surface area contributed by atoms with Gasteiger partial charge in [-0.2, -0.15) is 0 Å². The van der Waals surface area contributed by atoms with Gasteiger partial charge in [0.25, 0.3) is 5.91 Å². The van der Waals surface area contributed by atoms with Crippen LogP contribution in [0.1, 0.15) is 35.3 Å². The first-order valence-electron chi connectivity index (χ1n) is 8.97. The van der Waals surface area contributed by atoms with Crippen LogP contribution in [0.4, 0.5) is 0 Å². The van der Waals surface area contributed by atoms with Gasteiger partial charge in [0.05, 0.1) is 0 Å². The Morgan fingerprint density at radius 1 is 1.08 bits per heavy atom. The molecule has 0 bridgehead atoms. The van der Waals surface area contributed by atoms with Crippen molar-refractivity contribution in [1.82, 2.24) is 4.90 Å². The maximum Gasteiger partial charge on any atom is 0.253 e. The van der Waals surface area contributed by atoms with E-state index < -0.39 is 0 Å². The molecule has 1 heterocycles. The zero-order chi connectivity index (χ0) is 18.3. The van der Waals surface area contributed by atoms with Crippen LogP contribution in [-0.4, -0.2) is 23.5 Å². The molecule has 1 aliphatic heterocycles. The molecule has 0 unspecified atom stereocenters. The van der Waals surface area contributed by atoms with Crippen molar-refractivity contribution in [3.05, 3.63) is 77.4 Å². The number of rotatable bonds is 3. The fourth-order valence-corrected chi connectivity index (χ4v) is 3.72. The van der Waals surface area contributed by atoms with Gasteiger partial charge in [-0.1, -0.05) is 42.5 Å². The zero-order valence-electron chi connectivity index (χ0n) is 15.5. The first-order chi connectivity index (χ1) is 12.4. The van der Waals surface area contributed by atoms with Crippen LogP contribution in [0, 0.1) is 0 Å². The van der Waals surface area contributed by atoms with Gasteiger partial charge in [-0.15, -0.1) is 0 Å². The lowest BCUT2D eigenvalue weighted by molar-refractivity contribution is 0.0785. The molecular formula is C23H23NO2. The SMILES string of the molecule is CN(Cc1cccc2ccccc12)C(=O)c1ccc2c(c1)CC(C)(C)O2. The third-order valence-corrected chi connectivity index (χ3v) is 4.94. The highest BCUT2D eigenvalue weighted by molar-refractivity contribution is 5.95. The molecule has 0 N–H and O–H groups in total. The molecule has 3 heteroatoms. The largest absolute Gasteiger partial charge is 0.487 e. The summed E-state index contributed by atoms with van der Waals surface area (Å²) in [5.41, 5.74) is 2.79. The van der Waals surface area contributed by atoms with E-state index in [4.69, 9.17) is 4.74 Å². The van der Waals surface area contributed by atoms with E-state index in [9.17, 15) is 4.79 Å². The molecule has 3 nitrogen and oxygen atoms in total. The minimum atomic E-state index is -0.196. The Morgan fingerprint density at radius 3 is 2.69 bits per heavy atom. The minimum Gasteiger partial charge on any atom is -0.487 e. The highest BCUT2D eigenvalue weighted by Crippen LogP contribution is 2.35. The number of hydrogen-bond donors (Lipinski definition) is 0. The van der Waals surface area contributed by atoms with Gasteiger partial charge in [0.1, 0.15) is 11.4 Å². The normalized spacial score (nSPS) is 14.7. The molecule has 0 spiro atoms. The van der Waals surface area contributed by atoms with Crippen molar-refractivity contribution in [2.24, 2.45) is 0 Å². The summed E-state index contributed by atoms with van der Waals surface area (Å²) in [5.74, 6) is 0.925. The second kappa shape index (κ2) is 6.17. The van der Waals surface area contributed by atoms with Crippen molar-refractivity contribution in [1.29, 1.82) is 0 Å². The molecule has 26 heavy (non-hydrogen) atoms. The standard InChI is InChI=1S/C23H23NO2/c1-23(2)14-19-13-17(11-12-21(19)26-23)22(25)24(3)15-18-9-6-8-16-7-4-5-10-20(16)18/h4-13H,14-15H2,1-3H3. The fraction of sp³-hybridized carbons (Fsp3) is 0.261. The average molecular weight is 345 g/mol. The molecule has 0 saturated carbocycles. The Bertz CT molecular complexity index is 985. The smallest absolute Gasteiger partial charge is 0.253 e. The highest BCUT2D eigenvalue weighted by atomic mass is 16.5. The van der Waals surface area contributed by atoms with Crippen LogP contribution >= 0.6 is 0 Å². The van der Waals surface area contributed by atoms with Crippen molar-refractivity contribution in [2.75, 3.05) is 7.05 Å². The average Bonchev–Trinajstić information content (AvgIpc) is 2.94. The van der Waals surface area contributed by atoms with Crippen LogP contribution < -0.4 is 4.74 Å². The van der Waals surface area contributed by atoms with Crippen molar-refractivity contribution < 1.29 is 9.53 Å². The molecule has 0 atom stereocenters. The lowest BCUT2D eigenvalue weighted by atomic mass is 10.00. The van der Waals surface area contributed by atoms with Gasteiger partial charge in [0, 0.05) is 25.6 Å². The van der Waals surface area contributed by atoms with E-state index in [1.807, 2.05) is 43.4 Å². The Labute approximate surface area is 154 Å². The predicted octanol–water partition coefficient (Wildman–Crippen LogP) is 4.83. The van der Waals surface area contributed by atoms with Crippen LogP contribution in [-0.2, 0) is 13.0 Å². The van der Waals surface area contributed by atoms with Gasteiger partial charge in [0.15, 0.2) is 0 Å². The summed E-state index contributed by atoms with van der Waals surface area (Å²) in [6, 6.07) is 20.3. The molecule has 0 fully saturated rings. The van der Waals surface area contributed by atoms with Crippen molar-refractivity contribution in [2.45, 2.75) is 32.4 Å². The van der Waals surface area contributed by atoms with Crippen LogP contribution in [0.15, 0.2) is 60.7 Å². The molecule has 3 aromatic carbocycles. The monoisotopic (exact) mass is 345 g/mol. The number of hydrogen-bond acceptors (Lipinski definition) is 2. The summed E-state index contributed by atoms with van der Waals surface area (Å²) in [6.07, 6.45) is 0.830. The van der Waals surface area contributed by atoms with Crippen LogP contribution in [0.3, 0.4) is 0 Å². The summed E-state index contributed by atoms with van der Waals surface area (Å²) in [5, 5.41) is 2.39. The first-order valence-corrected chi connectivity index (χ1v) is 8.97. The van der Waals surface area contributed by atoms with Crippen molar-refractivity contribution in [3.8, 4) is 5.75 Å². The Balaban J connectivity index is 1.57. The summed E-state index contributed by atoms with van der Waals surface area (Å²) in [6.45, 7) is 4.72. The summed E-state index contributed by atoms with van der Waals surface area (Å²) < 4.78 is 5.91. The van der Waals surface area contributed by atoms with E-state index >= 15 is 0 Å². The topological polar surface area (TPSA) is 29.5 Å². The third-order valence-electron chi connectivity index (χ3n) is 4.94. The van der Waals surface area contributed by atoms with Gasteiger partial charge < -0.3 is 9.64 Å². The minimum absolute atomic E-state index is 0.0328. The number of ether oxygens (including phenoxy) is 1.